The maximum absolute atomic E-state index is 5.82. The van der Waals surface area contributed by atoms with Crippen molar-refractivity contribution < 1.29 is 4.74 Å². The van der Waals surface area contributed by atoms with Crippen molar-refractivity contribution in [1.82, 2.24) is 0 Å². The third kappa shape index (κ3) is 7.90. The van der Waals surface area contributed by atoms with E-state index in [2.05, 4.69) is 39.8 Å². The van der Waals surface area contributed by atoms with E-state index in [9.17, 15) is 0 Å². The summed E-state index contributed by atoms with van der Waals surface area (Å²) in [5.74, 6) is 1.10. The lowest BCUT2D eigenvalue weighted by Gasteiger charge is -2.15. The number of aryl methyl sites for hydroxylation is 1. The van der Waals surface area contributed by atoms with Crippen LogP contribution in [-0.2, 0) is 6.42 Å². The number of rotatable bonds is 13. The fourth-order valence-corrected chi connectivity index (χ4v) is 3.24. The molecule has 0 saturated heterocycles. The average Bonchev–Trinajstić information content (AvgIpc) is 2.55. The molecule has 1 aromatic carbocycles. The summed E-state index contributed by atoms with van der Waals surface area (Å²) < 4.78 is 5.82. The molecule has 0 heterocycles. The summed E-state index contributed by atoms with van der Waals surface area (Å²) in [4.78, 5) is 0. The first-order chi connectivity index (χ1) is 11.2. The van der Waals surface area contributed by atoms with E-state index >= 15 is 0 Å². The minimum absolute atomic E-state index is 0.757. The van der Waals surface area contributed by atoms with Gasteiger partial charge in [-0.05, 0) is 56.4 Å². The third-order valence-electron chi connectivity index (χ3n) is 4.91. The standard InChI is InChI=1S/C22H38O/c1-5-7-8-9-10-11-12-13-14-15-16-21-20(4)19(3)17-18-22(21)23-6-2/h17-18H,5-16H2,1-4H3. The molecule has 1 nitrogen and oxygen atoms in total. The number of unbranched alkanes of at least 4 members (excludes halogenated alkanes) is 9. The van der Waals surface area contributed by atoms with Gasteiger partial charge in [0, 0.05) is 0 Å². The molecule has 0 aliphatic carbocycles. The predicted molar refractivity (Wildman–Crippen MR) is 103 cm³/mol. The molecule has 1 heteroatoms. The van der Waals surface area contributed by atoms with Crippen molar-refractivity contribution >= 4 is 0 Å². The van der Waals surface area contributed by atoms with Gasteiger partial charge in [-0.1, -0.05) is 70.8 Å². The Morgan fingerprint density at radius 1 is 0.739 bits per heavy atom. The van der Waals surface area contributed by atoms with Gasteiger partial charge in [0.2, 0.25) is 0 Å². The average molecular weight is 319 g/mol. The zero-order chi connectivity index (χ0) is 16.9. The highest BCUT2D eigenvalue weighted by molar-refractivity contribution is 5.44. The van der Waals surface area contributed by atoms with E-state index in [1.165, 1.54) is 87.3 Å². The first kappa shape index (κ1) is 20.1. The van der Waals surface area contributed by atoms with Gasteiger partial charge in [0.25, 0.3) is 0 Å². The van der Waals surface area contributed by atoms with Gasteiger partial charge in [-0.3, -0.25) is 0 Å². The molecule has 0 spiro atoms. The first-order valence-corrected chi connectivity index (χ1v) is 9.92. The van der Waals surface area contributed by atoms with Crippen LogP contribution in [0.15, 0.2) is 12.1 Å². The Morgan fingerprint density at radius 3 is 1.87 bits per heavy atom. The molecule has 0 atom stereocenters. The second kappa shape index (κ2) is 12.4. The van der Waals surface area contributed by atoms with Crippen LogP contribution in [0.25, 0.3) is 0 Å². The highest BCUT2D eigenvalue weighted by atomic mass is 16.5. The molecule has 132 valence electrons. The van der Waals surface area contributed by atoms with Crippen molar-refractivity contribution in [3.8, 4) is 5.75 Å². The maximum Gasteiger partial charge on any atom is 0.122 e. The molecule has 0 aliphatic rings. The normalized spacial score (nSPS) is 11.0. The van der Waals surface area contributed by atoms with Crippen molar-refractivity contribution in [2.45, 2.75) is 98.3 Å². The zero-order valence-electron chi connectivity index (χ0n) is 16.0. The smallest absolute Gasteiger partial charge is 0.122 e. The van der Waals surface area contributed by atoms with Gasteiger partial charge < -0.3 is 4.74 Å². The second-order valence-electron chi connectivity index (χ2n) is 6.85. The van der Waals surface area contributed by atoms with Crippen molar-refractivity contribution in [3.63, 3.8) is 0 Å². The fraction of sp³-hybridized carbons (Fsp3) is 0.727. The Balaban J connectivity index is 2.21. The Hall–Kier alpha value is -0.980. The highest BCUT2D eigenvalue weighted by Crippen LogP contribution is 2.27. The molecular weight excluding hydrogens is 280 g/mol. The van der Waals surface area contributed by atoms with Crippen LogP contribution in [-0.4, -0.2) is 6.61 Å². The molecular formula is C22H38O. The molecule has 23 heavy (non-hydrogen) atoms. The minimum atomic E-state index is 0.757. The summed E-state index contributed by atoms with van der Waals surface area (Å²) in [6.45, 7) is 9.55. The summed E-state index contributed by atoms with van der Waals surface area (Å²) in [6, 6.07) is 4.33. The summed E-state index contributed by atoms with van der Waals surface area (Å²) in [5, 5.41) is 0. The molecule has 0 amide bonds. The van der Waals surface area contributed by atoms with E-state index in [1.54, 1.807) is 0 Å². The Labute approximate surface area is 144 Å². The van der Waals surface area contributed by atoms with E-state index in [0.717, 1.165) is 12.4 Å². The van der Waals surface area contributed by atoms with Crippen molar-refractivity contribution in [1.29, 1.82) is 0 Å². The highest BCUT2D eigenvalue weighted by Gasteiger charge is 2.08. The Bertz CT molecular complexity index is 422. The van der Waals surface area contributed by atoms with Gasteiger partial charge in [-0.15, -0.1) is 0 Å². The largest absolute Gasteiger partial charge is 0.494 e. The minimum Gasteiger partial charge on any atom is -0.494 e. The lowest BCUT2D eigenvalue weighted by atomic mass is 9.97. The van der Waals surface area contributed by atoms with E-state index in [0.29, 0.717) is 0 Å². The topological polar surface area (TPSA) is 9.23 Å². The van der Waals surface area contributed by atoms with E-state index in [4.69, 9.17) is 4.74 Å². The molecule has 0 bridgehead atoms. The molecule has 0 aromatic heterocycles. The molecule has 0 aliphatic heterocycles. The molecule has 1 aromatic rings. The Kier molecular flexibility index (Phi) is 10.9. The number of benzene rings is 1. The number of hydrogen-bond donors (Lipinski definition) is 0. The van der Waals surface area contributed by atoms with E-state index < -0.39 is 0 Å². The van der Waals surface area contributed by atoms with Crippen LogP contribution in [0.4, 0.5) is 0 Å². The van der Waals surface area contributed by atoms with Gasteiger partial charge in [-0.25, -0.2) is 0 Å². The number of ether oxygens (including phenoxy) is 1. The SMILES string of the molecule is CCCCCCCCCCCCc1c(OCC)ccc(C)c1C. The van der Waals surface area contributed by atoms with Gasteiger partial charge in [0.05, 0.1) is 6.61 Å². The Morgan fingerprint density at radius 2 is 1.30 bits per heavy atom. The van der Waals surface area contributed by atoms with E-state index in [1.807, 2.05) is 0 Å². The number of hydrogen-bond acceptors (Lipinski definition) is 1. The molecule has 0 radical (unpaired) electrons. The van der Waals surface area contributed by atoms with Crippen LogP contribution in [0.3, 0.4) is 0 Å². The molecule has 0 unspecified atom stereocenters. The van der Waals surface area contributed by atoms with Crippen molar-refractivity contribution in [3.05, 3.63) is 28.8 Å². The lowest BCUT2D eigenvalue weighted by molar-refractivity contribution is 0.335. The van der Waals surface area contributed by atoms with Crippen molar-refractivity contribution in [2.75, 3.05) is 6.61 Å². The van der Waals surface area contributed by atoms with Crippen LogP contribution < -0.4 is 4.74 Å². The molecule has 1 rings (SSSR count). The summed E-state index contributed by atoms with van der Waals surface area (Å²) in [5.41, 5.74) is 4.24. The van der Waals surface area contributed by atoms with Crippen LogP contribution in [0, 0.1) is 13.8 Å². The van der Waals surface area contributed by atoms with Gasteiger partial charge in [0.1, 0.15) is 5.75 Å². The lowest BCUT2D eigenvalue weighted by Crippen LogP contribution is -2.01. The first-order valence-electron chi connectivity index (χ1n) is 9.92. The fourth-order valence-electron chi connectivity index (χ4n) is 3.24. The summed E-state index contributed by atoms with van der Waals surface area (Å²) in [6.07, 6.45) is 15.1. The molecule has 0 saturated carbocycles. The van der Waals surface area contributed by atoms with Gasteiger partial charge >= 0.3 is 0 Å². The van der Waals surface area contributed by atoms with Crippen LogP contribution in [0.5, 0.6) is 5.75 Å². The molecule has 0 N–H and O–H groups in total. The van der Waals surface area contributed by atoms with Crippen LogP contribution in [0.1, 0.15) is 94.7 Å². The summed E-state index contributed by atoms with van der Waals surface area (Å²) >= 11 is 0. The maximum atomic E-state index is 5.82. The summed E-state index contributed by atoms with van der Waals surface area (Å²) in [7, 11) is 0. The zero-order valence-corrected chi connectivity index (χ0v) is 16.0. The monoisotopic (exact) mass is 318 g/mol. The predicted octanol–water partition coefficient (Wildman–Crippen LogP) is 7.17. The molecule has 0 fully saturated rings. The van der Waals surface area contributed by atoms with Crippen LogP contribution >= 0.6 is 0 Å². The van der Waals surface area contributed by atoms with Crippen LogP contribution in [0.2, 0.25) is 0 Å². The second-order valence-corrected chi connectivity index (χ2v) is 6.85. The quantitative estimate of drug-likeness (QED) is 0.350. The van der Waals surface area contributed by atoms with Gasteiger partial charge in [-0.2, -0.15) is 0 Å². The van der Waals surface area contributed by atoms with Crippen molar-refractivity contribution in [2.24, 2.45) is 0 Å². The third-order valence-corrected chi connectivity index (χ3v) is 4.91. The van der Waals surface area contributed by atoms with E-state index in [-0.39, 0.29) is 0 Å². The van der Waals surface area contributed by atoms with Gasteiger partial charge in [0.15, 0.2) is 0 Å².